The lowest BCUT2D eigenvalue weighted by molar-refractivity contribution is 0.0350. The Balaban J connectivity index is 1.98. The van der Waals surface area contributed by atoms with Gasteiger partial charge in [0, 0.05) is 32.4 Å². The highest BCUT2D eigenvalue weighted by Crippen LogP contribution is 2.19. The first-order valence-corrected chi connectivity index (χ1v) is 14.6. The lowest BCUT2D eigenvalue weighted by Gasteiger charge is -2.28. The molecule has 0 radical (unpaired) electrons. The van der Waals surface area contributed by atoms with Gasteiger partial charge in [0.1, 0.15) is 24.7 Å². The second kappa shape index (κ2) is 17.3. The highest BCUT2D eigenvalue weighted by molar-refractivity contribution is 6.60. The maximum Gasteiger partial charge on any atom is 0.500 e. The molecule has 0 aromatic heterocycles. The summed E-state index contributed by atoms with van der Waals surface area (Å²) in [4.78, 5) is 35.2. The Morgan fingerprint density at radius 1 is 0.816 bits per heavy atom. The summed E-state index contributed by atoms with van der Waals surface area (Å²) in [5, 5.41) is 2.72. The van der Waals surface area contributed by atoms with Crippen molar-refractivity contribution in [2.24, 2.45) is 0 Å². The predicted octanol–water partition coefficient (Wildman–Crippen LogP) is 4.30. The van der Waals surface area contributed by atoms with Gasteiger partial charge in [-0.25, -0.2) is 4.79 Å². The van der Waals surface area contributed by atoms with Gasteiger partial charge in [-0.1, -0.05) is 24.3 Å². The smallest absolute Gasteiger partial charge is 0.489 e. The van der Waals surface area contributed by atoms with Crippen molar-refractivity contribution in [1.82, 2.24) is 5.32 Å². The number of carbonyl (C=O) groups excluding carboxylic acids is 3. The Hall–Kier alpha value is -3.25. The summed E-state index contributed by atoms with van der Waals surface area (Å²) >= 11 is 0. The van der Waals surface area contributed by atoms with E-state index in [1.54, 1.807) is 48.5 Å². The topological polar surface area (TPSA) is 119 Å². The van der Waals surface area contributed by atoms with Crippen LogP contribution in [-0.4, -0.2) is 73.2 Å². The molecular formula is C27H37NO9Si. The van der Waals surface area contributed by atoms with Crippen LogP contribution in [0.3, 0.4) is 0 Å². The largest absolute Gasteiger partial charge is 0.500 e. The minimum absolute atomic E-state index is 0.0728. The summed E-state index contributed by atoms with van der Waals surface area (Å²) in [5.41, 5.74) is 0.738. The van der Waals surface area contributed by atoms with Crippen LogP contribution in [0.25, 0.3) is 0 Å². The monoisotopic (exact) mass is 547 g/mol. The van der Waals surface area contributed by atoms with Crippen molar-refractivity contribution in [3.63, 3.8) is 0 Å². The van der Waals surface area contributed by atoms with Crippen LogP contribution in [0.2, 0.25) is 6.04 Å². The van der Waals surface area contributed by atoms with E-state index in [4.69, 9.17) is 27.5 Å². The molecule has 0 aliphatic rings. The lowest BCUT2D eigenvalue weighted by atomic mass is 10.2. The highest BCUT2D eigenvalue weighted by Gasteiger charge is 2.39. The van der Waals surface area contributed by atoms with Crippen molar-refractivity contribution in [3.05, 3.63) is 59.7 Å². The Kier molecular flexibility index (Phi) is 14.1. The zero-order valence-corrected chi connectivity index (χ0v) is 23.2. The highest BCUT2D eigenvalue weighted by atomic mass is 28.4. The molecule has 0 fully saturated rings. The Bertz CT molecular complexity index is 931. The quantitative estimate of drug-likeness (QED) is 0.156. The van der Waals surface area contributed by atoms with Crippen molar-refractivity contribution >= 4 is 27.5 Å². The average Bonchev–Trinajstić information content (AvgIpc) is 2.93. The molecule has 2 aromatic carbocycles. The number of aldehydes is 2. The molecule has 0 atom stereocenters. The SMILES string of the molecule is CCO[Si](CCCNC(=O)OC(COc1ccccc1C=O)COc1ccccc1C=O)(OCC)OCC. The van der Waals surface area contributed by atoms with Crippen molar-refractivity contribution in [2.75, 3.05) is 39.6 Å². The van der Waals surface area contributed by atoms with E-state index < -0.39 is 21.0 Å². The molecule has 0 unspecified atom stereocenters. The fourth-order valence-corrected chi connectivity index (χ4v) is 6.20. The molecule has 1 amide bonds. The summed E-state index contributed by atoms with van der Waals surface area (Å²) in [5.74, 6) is 0.711. The summed E-state index contributed by atoms with van der Waals surface area (Å²) < 4.78 is 34.6. The molecule has 38 heavy (non-hydrogen) atoms. The van der Waals surface area contributed by atoms with E-state index in [2.05, 4.69) is 5.32 Å². The normalized spacial score (nSPS) is 11.2. The number of hydrogen-bond donors (Lipinski definition) is 1. The van der Waals surface area contributed by atoms with Gasteiger partial charge in [0.25, 0.3) is 0 Å². The number of nitrogens with one attached hydrogen (secondary N) is 1. The van der Waals surface area contributed by atoms with E-state index in [1.165, 1.54) is 0 Å². The maximum atomic E-state index is 12.6. The van der Waals surface area contributed by atoms with Gasteiger partial charge < -0.3 is 32.8 Å². The van der Waals surface area contributed by atoms with Gasteiger partial charge >= 0.3 is 14.9 Å². The van der Waals surface area contributed by atoms with E-state index in [0.717, 1.165) is 0 Å². The van der Waals surface area contributed by atoms with Crippen LogP contribution in [0.15, 0.2) is 48.5 Å². The number of hydrogen-bond acceptors (Lipinski definition) is 9. The Morgan fingerprint density at radius 2 is 1.29 bits per heavy atom. The molecule has 0 spiro atoms. The molecule has 11 heteroatoms. The van der Waals surface area contributed by atoms with Crippen molar-refractivity contribution in [3.8, 4) is 11.5 Å². The molecule has 0 heterocycles. The summed E-state index contributed by atoms with van der Waals surface area (Å²) in [6.45, 7) is 7.27. The Morgan fingerprint density at radius 3 is 1.74 bits per heavy atom. The summed E-state index contributed by atoms with van der Waals surface area (Å²) in [6.07, 6.45) is 0.442. The molecule has 0 aliphatic heterocycles. The van der Waals surface area contributed by atoms with Crippen LogP contribution in [0.1, 0.15) is 47.9 Å². The number of alkyl carbamates (subject to hydrolysis) is 1. The summed E-state index contributed by atoms with van der Waals surface area (Å²) in [7, 11) is -2.81. The standard InChI is InChI=1S/C27H37NO9Si/c1-4-34-38(35-5-2,36-6-3)17-11-16-28-27(31)37-24(20-32-25-14-9-7-12-22(25)18-29)21-33-26-15-10-8-13-23(26)19-30/h7-10,12-15,18-19,24H,4-6,11,16-17,20-21H2,1-3H3,(H,28,31). The van der Waals surface area contributed by atoms with Gasteiger partial charge in [-0.05, 0) is 51.5 Å². The van der Waals surface area contributed by atoms with Crippen molar-refractivity contribution < 1.29 is 41.9 Å². The molecule has 0 aliphatic carbocycles. The first-order valence-electron chi connectivity index (χ1n) is 12.7. The number of amides is 1. The number of rotatable bonds is 19. The number of ether oxygens (including phenoxy) is 3. The third-order valence-corrected chi connectivity index (χ3v) is 8.39. The average molecular weight is 548 g/mol. The first kappa shape index (κ1) is 31.0. The molecule has 0 bridgehead atoms. The zero-order chi connectivity index (χ0) is 27.6. The van der Waals surface area contributed by atoms with E-state index in [-0.39, 0.29) is 13.2 Å². The fourth-order valence-electron chi connectivity index (χ4n) is 3.59. The molecule has 0 saturated carbocycles. The first-order chi connectivity index (χ1) is 18.5. The zero-order valence-electron chi connectivity index (χ0n) is 22.2. The molecular weight excluding hydrogens is 510 g/mol. The minimum atomic E-state index is -2.81. The van der Waals surface area contributed by atoms with Crippen molar-refractivity contribution in [2.45, 2.75) is 39.3 Å². The summed E-state index contributed by atoms with van der Waals surface area (Å²) in [6, 6.07) is 14.0. The van der Waals surface area contributed by atoms with Crippen LogP contribution in [0, 0.1) is 0 Å². The Labute approximate surface area is 224 Å². The van der Waals surface area contributed by atoms with Gasteiger partial charge in [0.2, 0.25) is 0 Å². The van der Waals surface area contributed by atoms with Crippen LogP contribution < -0.4 is 14.8 Å². The van der Waals surface area contributed by atoms with Gasteiger partial charge in [-0.15, -0.1) is 0 Å². The molecule has 10 nitrogen and oxygen atoms in total. The fraction of sp³-hybridized carbons (Fsp3) is 0.444. The van der Waals surface area contributed by atoms with Crippen LogP contribution in [-0.2, 0) is 18.0 Å². The maximum absolute atomic E-state index is 12.6. The molecule has 208 valence electrons. The predicted molar refractivity (Wildman–Crippen MR) is 143 cm³/mol. The van der Waals surface area contributed by atoms with Gasteiger partial charge in [0.15, 0.2) is 18.7 Å². The second-order valence-corrected chi connectivity index (χ2v) is 10.7. The van der Waals surface area contributed by atoms with Gasteiger partial charge in [0.05, 0.1) is 11.1 Å². The van der Waals surface area contributed by atoms with E-state index in [0.29, 0.717) is 74.0 Å². The molecule has 2 aromatic rings. The minimum Gasteiger partial charge on any atom is -0.489 e. The number of carbonyl (C=O) groups is 3. The third kappa shape index (κ3) is 10.2. The molecule has 0 saturated heterocycles. The van der Waals surface area contributed by atoms with E-state index in [1.807, 2.05) is 20.8 Å². The third-order valence-electron chi connectivity index (χ3n) is 5.24. The van der Waals surface area contributed by atoms with Crippen molar-refractivity contribution in [1.29, 1.82) is 0 Å². The van der Waals surface area contributed by atoms with E-state index >= 15 is 0 Å². The van der Waals surface area contributed by atoms with Crippen LogP contribution in [0.5, 0.6) is 11.5 Å². The van der Waals surface area contributed by atoms with Gasteiger partial charge in [-0.2, -0.15) is 0 Å². The molecule has 2 rings (SSSR count). The van der Waals surface area contributed by atoms with Crippen LogP contribution in [0.4, 0.5) is 4.79 Å². The number of para-hydroxylation sites is 2. The van der Waals surface area contributed by atoms with Gasteiger partial charge in [-0.3, -0.25) is 9.59 Å². The van der Waals surface area contributed by atoms with Crippen LogP contribution >= 0.6 is 0 Å². The lowest BCUT2D eigenvalue weighted by Crippen LogP contribution is -2.46. The molecule has 1 N–H and O–H groups in total. The second-order valence-electron chi connectivity index (χ2n) is 7.97. The van der Waals surface area contributed by atoms with E-state index in [9.17, 15) is 14.4 Å². The number of benzene rings is 2.